The SMILES string of the molecule is CCc1ccc(CC(N)Cc2cccc(F)c2)nc1. The van der Waals surface area contributed by atoms with Gasteiger partial charge in [0, 0.05) is 24.4 Å². The summed E-state index contributed by atoms with van der Waals surface area (Å²) >= 11 is 0. The van der Waals surface area contributed by atoms with E-state index in [1.54, 1.807) is 6.07 Å². The lowest BCUT2D eigenvalue weighted by atomic mass is 10.0. The number of hydrogen-bond acceptors (Lipinski definition) is 2. The van der Waals surface area contributed by atoms with Crippen molar-refractivity contribution in [1.29, 1.82) is 0 Å². The number of nitrogens with two attached hydrogens (primary N) is 1. The molecule has 2 nitrogen and oxygen atoms in total. The molecule has 0 fully saturated rings. The van der Waals surface area contributed by atoms with Gasteiger partial charge in [0.1, 0.15) is 5.82 Å². The first-order chi connectivity index (χ1) is 9.17. The summed E-state index contributed by atoms with van der Waals surface area (Å²) in [4.78, 5) is 4.39. The van der Waals surface area contributed by atoms with Gasteiger partial charge in [0.15, 0.2) is 0 Å². The molecule has 1 aromatic heterocycles. The van der Waals surface area contributed by atoms with E-state index in [0.29, 0.717) is 12.8 Å². The summed E-state index contributed by atoms with van der Waals surface area (Å²) in [7, 11) is 0. The molecular formula is C16H19FN2. The molecular weight excluding hydrogens is 239 g/mol. The molecule has 2 N–H and O–H groups in total. The summed E-state index contributed by atoms with van der Waals surface area (Å²) in [6.07, 6.45) is 4.25. The third-order valence-electron chi connectivity index (χ3n) is 3.15. The van der Waals surface area contributed by atoms with Crippen LogP contribution in [-0.2, 0) is 19.3 Å². The Labute approximate surface area is 113 Å². The van der Waals surface area contributed by atoms with E-state index in [-0.39, 0.29) is 11.9 Å². The fourth-order valence-corrected chi connectivity index (χ4v) is 2.09. The van der Waals surface area contributed by atoms with Crippen LogP contribution in [0.1, 0.15) is 23.7 Å². The van der Waals surface area contributed by atoms with Crippen LogP contribution in [0.4, 0.5) is 4.39 Å². The molecule has 1 atom stereocenters. The monoisotopic (exact) mass is 258 g/mol. The molecule has 2 rings (SSSR count). The molecule has 19 heavy (non-hydrogen) atoms. The van der Waals surface area contributed by atoms with E-state index in [2.05, 4.69) is 18.0 Å². The maximum absolute atomic E-state index is 13.1. The van der Waals surface area contributed by atoms with Crippen molar-refractivity contribution < 1.29 is 4.39 Å². The fraction of sp³-hybridized carbons (Fsp3) is 0.312. The number of hydrogen-bond donors (Lipinski definition) is 1. The molecule has 1 aromatic carbocycles. The summed E-state index contributed by atoms with van der Waals surface area (Å²) in [5.41, 5.74) is 9.24. The zero-order valence-corrected chi connectivity index (χ0v) is 11.1. The van der Waals surface area contributed by atoms with Crippen molar-refractivity contribution in [2.45, 2.75) is 32.2 Å². The minimum atomic E-state index is -0.213. The minimum Gasteiger partial charge on any atom is -0.327 e. The number of rotatable bonds is 5. The molecule has 0 aliphatic rings. The Bertz CT molecular complexity index is 523. The zero-order valence-electron chi connectivity index (χ0n) is 11.1. The molecule has 100 valence electrons. The average Bonchev–Trinajstić information content (AvgIpc) is 2.39. The second kappa shape index (κ2) is 6.43. The summed E-state index contributed by atoms with van der Waals surface area (Å²) in [6, 6.07) is 10.7. The van der Waals surface area contributed by atoms with Gasteiger partial charge in [0.2, 0.25) is 0 Å². The van der Waals surface area contributed by atoms with E-state index in [9.17, 15) is 4.39 Å². The lowest BCUT2D eigenvalue weighted by Gasteiger charge is -2.11. The Hall–Kier alpha value is -1.74. The zero-order chi connectivity index (χ0) is 13.7. The van der Waals surface area contributed by atoms with Crippen LogP contribution < -0.4 is 5.73 Å². The third-order valence-corrected chi connectivity index (χ3v) is 3.15. The molecule has 2 aromatic rings. The molecule has 0 aliphatic carbocycles. The Kier molecular flexibility index (Phi) is 4.63. The maximum atomic E-state index is 13.1. The van der Waals surface area contributed by atoms with E-state index in [1.807, 2.05) is 18.3 Å². The quantitative estimate of drug-likeness (QED) is 0.895. The van der Waals surface area contributed by atoms with Crippen LogP contribution in [0.3, 0.4) is 0 Å². The van der Waals surface area contributed by atoms with Crippen LogP contribution in [0, 0.1) is 5.82 Å². The van der Waals surface area contributed by atoms with Crippen LogP contribution in [0.15, 0.2) is 42.6 Å². The number of halogens is 1. The second-order valence-electron chi connectivity index (χ2n) is 4.81. The molecule has 0 spiro atoms. The van der Waals surface area contributed by atoms with Crippen molar-refractivity contribution in [3.63, 3.8) is 0 Å². The van der Waals surface area contributed by atoms with Crippen LogP contribution >= 0.6 is 0 Å². The average molecular weight is 258 g/mol. The predicted molar refractivity (Wildman–Crippen MR) is 75.4 cm³/mol. The molecule has 0 saturated heterocycles. The first-order valence-electron chi connectivity index (χ1n) is 6.61. The standard InChI is InChI=1S/C16H19FN2/c1-2-12-6-7-16(19-11-12)10-15(18)9-13-4-3-5-14(17)8-13/h3-8,11,15H,2,9-10,18H2,1H3. The van der Waals surface area contributed by atoms with E-state index in [4.69, 9.17) is 5.73 Å². The van der Waals surface area contributed by atoms with Gasteiger partial charge in [0.05, 0.1) is 0 Å². The molecule has 0 saturated carbocycles. The molecule has 0 radical (unpaired) electrons. The highest BCUT2D eigenvalue weighted by Crippen LogP contribution is 2.09. The smallest absolute Gasteiger partial charge is 0.123 e. The first-order valence-corrected chi connectivity index (χ1v) is 6.61. The fourth-order valence-electron chi connectivity index (χ4n) is 2.09. The van der Waals surface area contributed by atoms with Crippen molar-refractivity contribution in [3.05, 3.63) is 65.2 Å². The highest BCUT2D eigenvalue weighted by atomic mass is 19.1. The van der Waals surface area contributed by atoms with Crippen molar-refractivity contribution in [2.24, 2.45) is 5.73 Å². The van der Waals surface area contributed by atoms with Crippen molar-refractivity contribution in [1.82, 2.24) is 4.98 Å². The highest BCUT2D eigenvalue weighted by molar-refractivity contribution is 5.19. The third kappa shape index (κ3) is 4.14. The lowest BCUT2D eigenvalue weighted by Crippen LogP contribution is -2.26. The number of pyridine rings is 1. The van der Waals surface area contributed by atoms with Crippen molar-refractivity contribution >= 4 is 0 Å². The summed E-state index contributed by atoms with van der Waals surface area (Å²) < 4.78 is 13.1. The van der Waals surface area contributed by atoms with Crippen molar-refractivity contribution in [2.75, 3.05) is 0 Å². The summed E-state index contributed by atoms with van der Waals surface area (Å²) in [6.45, 7) is 2.10. The van der Waals surface area contributed by atoms with E-state index < -0.39 is 0 Å². The minimum absolute atomic E-state index is 0.0400. The predicted octanol–water partition coefficient (Wildman–Crippen LogP) is 2.90. The molecule has 1 heterocycles. The normalized spacial score (nSPS) is 12.4. The maximum Gasteiger partial charge on any atom is 0.123 e. The number of aromatic nitrogens is 1. The highest BCUT2D eigenvalue weighted by Gasteiger charge is 2.07. The Balaban J connectivity index is 1.95. The van der Waals surface area contributed by atoms with Crippen LogP contribution in [-0.4, -0.2) is 11.0 Å². The Morgan fingerprint density at radius 2 is 2.00 bits per heavy atom. The van der Waals surface area contributed by atoms with Crippen LogP contribution in [0.25, 0.3) is 0 Å². The molecule has 1 unspecified atom stereocenters. The van der Waals surface area contributed by atoms with Gasteiger partial charge in [-0.1, -0.05) is 25.1 Å². The summed E-state index contributed by atoms with van der Waals surface area (Å²) in [5.74, 6) is -0.213. The largest absolute Gasteiger partial charge is 0.327 e. The number of benzene rings is 1. The topological polar surface area (TPSA) is 38.9 Å². The van der Waals surface area contributed by atoms with Crippen LogP contribution in [0.2, 0.25) is 0 Å². The van der Waals surface area contributed by atoms with Crippen LogP contribution in [0.5, 0.6) is 0 Å². The van der Waals surface area contributed by atoms with E-state index in [1.165, 1.54) is 17.7 Å². The van der Waals surface area contributed by atoms with Gasteiger partial charge in [-0.2, -0.15) is 0 Å². The van der Waals surface area contributed by atoms with Crippen molar-refractivity contribution in [3.8, 4) is 0 Å². The molecule has 0 aliphatic heterocycles. The van der Waals surface area contributed by atoms with Gasteiger partial charge in [0.25, 0.3) is 0 Å². The lowest BCUT2D eigenvalue weighted by molar-refractivity contribution is 0.616. The molecule has 0 amide bonds. The number of nitrogens with zero attached hydrogens (tertiary/aromatic N) is 1. The molecule has 3 heteroatoms. The van der Waals surface area contributed by atoms with E-state index in [0.717, 1.165) is 17.7 Å². The van der Waals surface area contributed by atoms with E-state index >= 15 is 0 Å². The van der Waals surface area contributed by atoms with Gasteiger partial charge < -0.3 is 5.73 Å². The van der Waals surface area contributed by atoms with Gasteiger partial charge >= 0.3 is 0 Å². The van der Waals surface area contributed by atoms with Gasteiger partial charge in [-0.25, -0.2) is 4.39 Å². The summed E-state index contributed by atoms with van der Waals surface area (Å²) in [5, 5.41) is 0. The second-order valence-corrected chi connectivity index (χ2v) is 4.81. The van der Waals surface area contributed by atoms with Gasteiger partial charge in [-0.15, -0.1) is 0 Å². The molecule has 0 bridgehead atoms. The van der Waals surface area contributed by atoms with Gasteiger partial charge in [-0.05, 0) is 42.2 Å². The Morgan fingerprint density at radius 3 is 2.63 bits per heavy atom. The van der Waals surface area contributed by atoms with Gasteiger partial charge in [-0.3, -0.25) is 4.98 Å². The first kappa shape index (κ1) is 13.7. The Morgan fingerprint density at radius 1 is 1.16 bits per heavy atom. The number of aryl methyl sites for hydroxylation is 1.